The molecule has 5 nitrogen and oxygen atoms in total. The highest BCUT2D eigenvalue weighted by molar-refractivity contribution is 5.96. The van der Waals surface area contributed by atoms with Gasteiger partial charge < -0.3 is 10.1 Å². The molecule has 1 aromatic carbocycles. The summed E-state index contributed by atoms with van der Waals surface area (Å²) in [6, 6.07) is 10.1. The second kappa shape index (κ2) is 7.04. The van der Waals surface area contributed by atoms with Crippen molar-refractivity contribution in [1.82, 2.24) is 15.1 Å². The van der Waals surface area contributed by atoms with Gasteiger partial charge in [-0.15, -0.1) is 0 Å². The zero-order valence-electron chi connectivity index (χ0n) is 12.7. The Morgan fingerprint density at radius 2 is 2.00 bits per heavy atom. The molecular weight excluding hydrogens is 266 g/mol. The first kappa shape index (κ1) is 15.3. The molecule has 21 heavy (non-hydrogen) atoms. The maximum atomic E-state index is 12.2. The summed E-state index contributed by atoms with van der Waals surface area (Å²) in [7, 11) is 1.61. The summed E-state index contributed by atoms with van der Waals surface area (Å²) in [5.74, 6) is -0.0960. The fourth-order valence-corrected chi connectivity index (χ4v) is 2.29. The van der Waals surface area contributed by atoms with Crippen LogP contribution in [-0.2, 0) is 11.3 Å². The topological polar surface area (TPSA) is 56.1 Å². The van der Waals surface area contributed by atoms with Gasteiger partial charge in [-0.05, 0) is 19.4 Å². The molecule has 0 saturated heterocycles. The average molecular weight is 287 g/mol. The number of hydrogen-bond donors (Lipinski definition) is 1. The van der Waals surface area contributed by atoms with Gasteiger partial charge in [-0.2, -0.15) is 5.10 Å². The van der Waals surface area contributed by atoms with Gasteiger partial charge in [-0.1, -0.05) is 30.3 Å². The molecule has 1 N–H and O–H groups in total. The van der Waals surface area contributed by atoms with Gasteiger partial charge in [0.15, 0.2) is 0 Å². The fraction of sp³-hybridized carbons (Fsp3) is 0.375. The van der Waals surface area contributed by atoms with Crippen molar-refractivity contribution in [3.63, 3.8) is 0 Å². The van der Waals surface area contributed by atoms with Crippen molar-refractivity contribution in [3.05, 3.63) is 52.8 Å². The normalized spacial score (nSPS) is 10.6. The third kappa shape index (κ3) is 3.70. The van der Waals surface area contributed by atoms with Crippen molar-refractivity contribution in [1.29, 1.82) is 0 Å². The summed E-state index contributed by atoms with van der Waals surface area (Å²) in [6.07, 6.45) is 0. The maximum absolute atomic E-state index is 12.2. The Kier molecular flexibility index (Phi) is 5.11. The molecule has 0 bridgehead atoms. The highest BCUT2D eigenvalue weighted by Crippen LogP contribution is 2.14. The molecule has 5 heteroatoms. The van der Waals surface area contributed by atoms with Gasteiger partial charge in [0, 0.05) is 19.3 Å². The molecule has 1 amide bonds. The Morgan fingerprint density at radius 3 is 2.67 bits per heavy atom. The Balaban J connectivity index is 2.15. The Hall–Kier alpha value is -2.14. The van der Waals surface area contributed by atoms with Gasteiger partial charge >= 0.3 is 0 Å². The second-order valence-corrected chi connectivity index (χ2v) is 4.94. The Labute approximate surface area is 124 Å². The number of aromatic nitrogens is 2. The van der Waals surface area contributed by atoms with Crippen LogP contribution in [0.25, 0.3) is 0 Å². The number of nitrogens with one attached hydrogen (secondary N) is 1. The fourth-order valence-electron chi connectivity index (χ4n) is 2.29. The third-order valence-electron chi connectivity index (χ3n) is 3.38. The highest BCUT2D eigenvalue weighted by Gasteiger charge is 2.18. The lowest BCUT2D eigenvalue weighted by Gasteiger charge is -2.06. The van der Waals surface area contributed by atoms with Crippen LogP contribution in [0.1, 0.15) is 27.3 Å². The smallest absolute Gasteiger partial charge is 0.255 e. The quantitative estimate of drug-likeness (QED) is 0.826. The Morgan fingerprint density at radius 1 is 1.29 bits per heavy atom. The number of aryl methyl sites for hydroxylation is 1. The van der Waals surface area contributed by atoms with Gasteiger partial charge in [0.25, 0.3) is 5.91 Å². The molecule has 0 spiro atoms. The lowest BCUT2D eigenvalue weighted by atomic mass is 10.2. The van der Waals surface area contributed by atoms with Crippen molar-refractivity contribution in [2.24, 2.45) is 0 Å². The zero-order chi connectivity index (χ0) is 15.2. The van der Waals surface area contributed by atoms with E-state index in [1.165, 1.54) is 0 Å². The summed E-state index contributed by atoms with van der Waals surface area (Å²) in [6.45, 7) is 5.45. The van der Waals surface area contributed by atoms with Crippen molar-refractivity contribution >= 4 is 5.91 Å². The van der Waals surface area contributed by atoms with Crippen molar-refractivity contribution in [2.75, 3.05) is 20.3 Å². The van der Waals surface area contributed by atoms with Crippen LogP contribution in [0, 0.1) is 13.8 Å². The van der Waals surface area contributed by atoms with E-state index in [9.17, 15) is 4.79 Å². The number of ether oxygens (including phenoxy) is 1. The first-order chi connectivity index (χ1) is 10.1. The van der Waals surface area contributed by atoms with E-state index in [0.717, 1.165) is 17.0 Å². The number of carbonyl (C=O) groups is 1. The number of benzene rings is 1. The molecule has 0 aliphatic carbocycles. The van der Waals surface area contributed by atoms with Gasteiger partial charge in [0.2, 0.25) is 0 Å². The second-order valence-electron chi connectivity index (χ2n) is 4.94. The van der Waals surface area contributed by atoms with Crippen LogP contribution in [0.2, 0.25) is 0 Å². The summed E-state index contributed by atoms with van der Waals surface area (Å²) in [5.41, 5.74) is 3.45. The zero-order valence-corrected chi connectivity index (χ0v) is 12.7. The van der Waals surface area contributed by atoms with Crippen LogP contribution in [0.5, 0.6) is 0 Å². The summed E-state index contributed by atoms with van der Waals surface area (Å²) < 4.78 is 6.81. The predicted molar refractivity (Wildman–Crippen MR) is 81.5 cm³/mol. The number of nitrogens with zero attached hydrogens (tertiary/aromatic N) is 2. The molecule has 0 atom stereocenters. The van der Waals surface area contributed by atoms with E-state index in [-0.39, 0.29) is 5.91 Å². The van der Waals surface area contributed by atoms with Crippen LogP contribution in [-0.4, -0.2) is 35.9 Å². The minimum Gasteiger partial charge on any atom is -0.383 e. The largest absolute Gasteiger partial charge is 0.383 e. The molecule has 1 aromatic heterocycles. The minimum atomic E-state index is -0.0960. The first-order valence-electron chi connectivity index (χ1n) is 6.98. The number of carbonyl (C=O) groups excluding carboxylic acids is 1. The van der Waals surface area contributed by atoms with E-state index in [4.69, 9.17) is 4.74 Å². The van der Waals surface area contributed by atoms with Crippen LogP contribution in [0.4, 0.5) is 0 Å². The molecule has 0 aliphatic heterocycles. The van der Waals surface area contributed by atoms with Crippen molar-refractivity contribution in [2.45, 2.75) is 20.4 Å². The third-order valence-corrected chi connectivity index (χ3v) is 3.38. The van der Waals surface area contributed by atoms with E-state index in [1.54, 1.807) is 7.11 Å². The molecule has 1 heterocycles. The van der Waals surface area contributed by atoms with Gasteiger partial charge in [0.1, 0.15) is 0 Å². The molecular formula is C16H21N3O2. The molecule has 0 fully saturated rings. The van der Waals surface area contributed by atoms with Gasteiger partial charge in [-0.25, -0.2) is 0 Å². The van der Waals surface area contributed by atoms with Crippen LogP contribution in [0.3, 0.4) is 0 Å². The predicted octanol–water partition coefficient (Wildman–Crippen LogP) is 1.92. The van der Waals surface area contributed by atoms with Crippen LogP contribution < -0.4 is 5.32 Å². The van der Waals surface area contributed by atoms with Crippen molar-refractivity contribution in [3.8, 4) is 0 Å². The molecule has 2 rings (SSSR count). The van der Waals surface area contributed by atoms with E-state index < -0.39 is 0 Å². The van der Waals surface area contributed by atoms with E-state index in [2.05, 4.69) is 22.5 Å². The minimum absolute atomic E-state index is 0.0960. The average Bonchev–Trinajstić information content (AvgIpc) is 2.75. The van der Waals surface area contributed by atoms with Gasteiger partial charge in [0.05, 0.1) is 24.4 Å². The lowest BCUT2D eigenvalue weighted by molar-refractivity contribution is 0.0936. The standard InChI is InChI=1S/C16H21N3O2/c1-12-15(16(20)17-9-10-21-3)13(2)19(18-12)11-14-7-5-4-6-8-14/h4-8H,9-11H2,1-3H3,(H,17,20). The highest BCUT2D eigenvalue weighted by atomic mass is 16.5. The lowest BCUT2D eigenvalue weighted by Crippen LogP contribution is -2.27. The molecule has 0 saturated carbocycles. The monoisotopic (exact) mass is 287 g/mol. The van der Waals surface area contributed by atoms with Crippen molar-refractivity contribution < 1.29 is 9.53 Å². The summed E-state index contributed by atoms with van der Waals surface area (Å²) >= 11 is 0. The first-order valence-corrected chi connectivity index (χ1v) is 6.98. The SMILES string of the molecule is COCCNC(=O)c1c(C)nn(Cc2ccccc2)c1C. The number of hydrogen-bond acceptors (Lipinski definition) is 3. The summed E-state index contributed by atoms with van der Waals surface area (Å²) in [4.78, 5) is 12.2. The van der Waals surface area contributed by atoms with E-state index in [0.29, 0.717) is 25.3 Å². The Bertz CT molecular complexity index is 605. The number of rotatable bonds is 6. The van der Waals surface area contributed by atoms with E-state index >= 15 is 0 Å². The number of amides is 1. The maximum Gasteiger partial charge on any atom is 0.255 e. The van der Waals surface area contributed by atoms with Gasteiger partial charge in [-0.3, -0.25) is 9.48 Å². The molecule has 112 valence electrons. The molecule has 2 aromatic rings. The molecule has 0 unspecified atom stereocenters. The van der Waals surface area contributed by atoms with E-state index in [1.807, 2.05) is 36.7 Å². The summed E-state index contributed by atoms with van der Waals surface area (Å²) in [5, 5.41) is 7.32. The van der Waals surface area contributed by atoms with Crippen LogP contribution in [0.15, 0.2) is 30.3 Å². The molecule has 0 radical (unpaired) electrons. The number of methoxy groups -OCH3 is 1. The molecule has 0 aliphatic rings. The van der Waals surface area contributed by atoms with Crippen LogP contribution >= 0.6 is 0 Å².